The summed E-state index contributed by atoms with van der Waals surface area (Å²) in [6, 6.07) is 6.76. The smallest absolute Gasteiger partial charge is 0.242 e. The van der Waals surface area contributed by atoms with Crippen molar-refractivity contribution in [1.82, 2.24) is 14.5 Å². The molecule has 0 bridgehead atoms. The second kappa shape index (κ2) is 5.41. The van der Waals surface area contributed by atoms with E-state index in [1.807, 2.05) is 0 Å². The first-order chi connectivity index (χ1) is 9.03. The number of benzene rings is 1. The quantitative estimate of drug-likeness (QED) is 0.869. The van der Waals surface area contributed by atoms with Crippen molar-refractivity contribution in [2.24, 2.45) is 7.05 Å². The summed E-state index contributed by atoms with van der Waals surface area (Å²) in [6.07, 6.45) is 3.41. The Morgan fingerprint density at radius 2 is 2.05 bits per heavy atom. The summed E-state index contributed by atoms with van der Waals surface area (Å²) >= 11 is 0. The van der Waals surface area contributed by atoms with Crippen LogP contribution in [0.4, 0.5) is 11.4 Å². The highest BCUT2D eigenvalue weighted by molar-refractivity contribution is 7.89. The van der Waals surface area contributed by atoms with Crippen molar-refractivity contribution in [1.29, 1.82) is 0 Å². The molecule has 0 aliphatic rings. The highest BCUT2D eigenvalue weighted by Gasteiger charge is 2.17. The molecule has 19 heavy (non-hydrogen) atoms. The van der Waals surface area contributed by atoms with Crippen molar-refractivity contribution in [3.05, 3.63) is 36.7 Å². The van der Waals surface area contributed by atoms with Crippen LogP contribution in [0.15, 0.2) is 41.6 Å². The largest absolute Gasteiger partial charge is 0.352 e. The Kier molecular flexibility index (Phi) is 3.87. The van der Waals surface area contributed by atoms with E-state index in [1.54, 1.807) is 55.3 Å². The van der Waals surface area contributed by atoms with E-state index in [0.717, 1.165) is 5.69 Å². The number of nitrogens with zero attached hydrogens (tertiary/aromatic N) is 2. The molecule has 0 aliphatic carbocycles. The number of rotatable bonds is 5. The Balaban J connectivity index is 2.36. The number of nitrogens with one attached hydrogen (secondary N) is 2. The van der Waals surface area contributed by atoms with Crippen LogP contribution in [0.5, 0.6) is 0 Å². The molecule has 0 fully saturated rings. The second-order valence-electron chi connectivity index (χ2n) is 4.03. The molecule has 0 amide bonds. The van der Waals surface area contributed by atoms with Crippen molar-refractivity contribution in [2.45, 2.75) is 11.8 Å². The number of para-hydroxylation sites is 1. The van der Waals surface area contributed by atoms with Gasteiger partial charge in [-0.3, -0.25) is 4.68 Å². The average molecular weight is 280 g/mol. The average Bonchev–Trinajstić information content (AvgIpc) is 2.75. The zero-order valence-electron chi connectivity index (χ0n) is 10.8. The van der Waals surface area contributed by atoms with Crippen LogP contribution in [0.1, 0.15) is 6.92 Å². The van der Waals surface area contributed by atoms with E-state index < -0.39 is 10.0 Å². The molecule has 0 unspecified atom stereocenters. The minimum atomic E-state index is -3.49. The van der Waals surface area contributed by atoms with Crippen LogP contribution in [0.2, 0.25) is 0 Å². The third-order valence-electron chi connectivity index (χ3n) is 2.49. The topological polar surface area (TPSA) is 76.0 Å². The van der Waals surface area contributed by atoms with Crippen LogP contribution in [-0.4, -0.2) is 24.7 Å². The lowest BCUT2D eigenvalue weighted by atomic mass is 10.3. The van der Waals surface area contributed by atoms with Gasteiger partial charge in [0, 0.05) is 19.8 Å². The van der Waals surface area contributed by atoms with Crippen molar-refractivity contribution in [2.75, 3.05) is 11.9 Å². The summed E-state index contributed by atoms with van der Waals surface area (Å²) in [5.41, 5.74) is 1.26. The van der Waals surface area contributed by atoms with Crippen LogP contribution in [0.3, 0.4) is 0 Å². The van der Waals surface area contributed by atoms with Gasteiger partial charge < -0.3 is 5.32 Å². The summed E-state index contributed by atoms with van der Waals surface area (Å²) in [7, 11) is -1.70. The summed E-state index contributed by atoms with van der Waals surface area (Å²) in [5.74, 6) is 0. The SMILES string of the molecule is CCNS(=O)(=O)c1ccccc1Nc1cnn(C)c1. The first-order valence-electron chi connectivity index (χ1n) is 5.87. The zero-order chi connectivity index (χ0) is 13.9. The summed E-state index contributed by atoms with van der Waals surface area (Å²) in [6.45, 7) is 2.10. The lowest BCUT2D eigenvalue weighted by molar-refractivity contribution is 0.584. The number of aryl methyl sites for hydroxylation is 1. The molecule has 0 saturated heterocycles. The van der Waals surface area contributed by atoms with Crippen LogP contribution in [-0.2, 0) is 17.1 Å². The third kappa shape index (κ3) is 3.12. The Hall–Kier alpha value is -1.86. The van der Waals surface area contributed by atoms with E-state index in [1.165, 1.54) is 0 Å². The van der Waals surface area contributed by atoms with E-state index in [0.29, 0.717) is 12.2 Å². The van der Waals surface area contributed by atoms with Gasteiger partial charge in [0.15, 0.2) is 0 Å². The standard InChI is InChI=1S/C12H16N4O2S/c1-3-14-19(17,18)12-7-5-4-6-11(12)15-10-8-13-16(2)9-10/h4-9,14-15H,3H2,1-2H3. The van der Waals surface area contributed by atoms with Gasteiger partial charge in [0.1, 0.15) is 4.90 Å². The van der Waals surface area contributed by atoms with E-state index in [4.69, 9.17) is 0 Å². The normalized spacial score (nSPS) is 11.5. The molecule has 0 radical (unpaired) electrons. The third-order valence-corrected chi connectivity index (χ3v) is 4.10. The van der Waals surface area contributed by atoms with Crippen molar-refractivity contribution < 1.29 is 8.42 Å². The highest BCUT2D eigenvalue weighted by Crippen LogP contribution is 2.24. The van der Waals surface area contributed by atoms with Crippen molar-refractivity contribution in [3.8, 4) is 0 Å². The molecule has 102 valence electrons. The van der Waals surface area contributed by atoms with Gasteiger partial charge in [0.2, 0.25) is 10.0 Å². The first-order valence-corrected chi connectivity index (χ1v) is 7.35. The predicted octanol–water partition coefficient (Wildman–Crippen LogP) is 1.46. The predicted molar refractivity (Wildman–Crippen MR) is 73.8 cm³/mol. The van der Waals surface area contributed by atoms with Gasteiger partial charge in [-0.25, -0.2) is 13.1 Å². The van der Waals surface area contributed by atoms with Gasteiger partial charge in [-0.1, -0.05) is 19.1 Å². The van der Waals surface area contributed by atoms with Crippen molar-refractivity contribution in [3.63, 3.8) is 0 Å². The number of sulfonamides is 1. The van der Waals surface area contributed by atoms with Gasteiger partial charge in [0.25, 0.3) is 0 Å². The fraction of sp³-hybridized carbons (Fsp3) is 0.250. The lowest BCUT2D eigenvalue weighted by Crippen LogP contribution is -2.23. The molecule has 0 spiro atoms. The molecule has 1 aromatic carbocycles. The first kappa shape index (κ1) is 13.6. The van der Waals surface area contributed by atoms with Gasteiger partial charge in [-0.15, -0.1) is 0 Å². The van der Waals surface area contributed by atoms with Gasteiger partial charge in [-0.05, 0) is 12.1 Å². The maximum absolute atomic E-state index is 12.1. The lowest BCUT2D eigenvalue weighted by Gasteiger charge is -2.11. The fourth-order valence-electron chi connectivity index (χ4n) is 1.71. The molecule has 6 nitrogen and oxygen atoms in total. The number of hydrogen-bond donors (Lipinski definition) is 2. The van der Waals surface area contributed by atoms with Crippen LogP contribution >= 0.6 is 0 Å². The molecule has 0 aliphatic heterocycles. The molecular weight excluding hydrogens is 264 g/mol. The van der Waals surface area contributed by atoms with E-state index in [2.05, 4.69) is 15.1 Å². The molecule has 0 atom stereocenters. The minimum absolute atomic E-state index is 0.223. The van der Waals surface area contributed by atoms with Crippen LogP contribution in [0.25, 0.3) is 0 Å². The second-order valence-corrected chi connectivity index (χ2v) is 5.76. The van der Waals surface area contributed by atoms with Crippen molar-refractivity contribution >= 4 is 21.4 Å². The Morgan fingerprint density at radius 1 is 1.32 bits per heavy atom. The van der Waals surface area contributed by atoms with Gasteiger partial charge in [-0.2, -0.15) is 5.10 Å². The van der Waals surface area contributed by atoms with Gasteiger partial charge >= 0.3 is 0 Å². The zero-order valence-corrected chi connectivity index (χ0v) is 11.6. The minimum Gasteiger partial charge on any atom is -0.352 e. The Bertz CT molecular complexity index is 664. The Morgan fingerprint density at radius 3 is 2.68 bits per heavy atom. The molecule has 2 rings (SSSR count). The summed E-state index contributed by atoms with van der Waals surface area (Å²) in [4.78, 5) is 0.223. The van der Waals surface area contributed by atoms with E-state index >= 15 is 0 Å². The number of anilines is 2. The molecule has 1 heterocycles. The van der Waals surface area contributed by atoms with Crippen LogP contribution in [0, 0.1) is 0 Å². The van der Waals surface area contributed by atoms with E-state index in [9.17, 15) is 8.42 Å². The van der Waals surface area contributed by atoms with Gasteiger partial charge in [0.05, 0.1) is 17.6 Å². The highest BCUT2D eigenvalue weighted by atomic mass is 32.2. The molecule has 1 aromatic heterocycles. The molecule has 0 saturated carbocycles. The summed E-state index contributed by atoms with van der Waals surface area (Å²) < 4.78 is 28.3. The maximum Gasteiger partial charge on any atom is 0.242 e. The fourth-order valence-corrected chi connectivity index (χ4v) is 2.92. The molecule has 7 heteroatoms. The Labute approximate surface area is 112 Å². The maximum atomic E-state index is 12.1. The molecular formula is C12H16N4O2S. The summed E-state index contributed by atoms with van der Waals surface area (Å²) in [5, 5.41) is 7.09. The monoisotopic (exact) mass is 280 g/mol. The van der Waals surface area contributed by atoms with Crippen LogP contribution < -0.4 is 10.0 Å². The van der Waals surface area contributed by atoms with E-state index in [-0.39, 0.29) is 4.90 Å². The number of aromatic nitrogens is 2. The molecule has 2 aromatic rings. The number of hydrogen-bond acceptors (Lipinski definition) is 4. The molecule has 2 N–H and O–H groups in total.